The van der Waals surface area contributed by atoms with Gasteiger partial charge in [-0.2, -0.15) is 4.98 Å². The molecule has 3 heterocycles. The molecule has 0 fully saturated rings. The van der Waals surface area contributed by atoms with Crippen LogP contribution in [0, 0.1) is 0 Å². The number of fused-ring (bicyclic) bond motifs is 1. The minimum Gasteiger partial charge on any atom is -0.495 e. The molecule has 5 rings (SSSR count). The van der Waals surface area contributed by atoms with Gasteiger partial charge in [-0.15, -0.1) is 11.3 Å². The number of benzene rings is 2. The fourth-order valence-corrected chi connectivity index (χ4v) is 5.66. The number of anilines is 4. The van der Waals surface area contributed by atoms with Crippen LogP contribution >= 0.6 is 34.5 Å². The summed E-state index contributed by atoms with van der Waals surface area (Å²) in [5, 5.41) is 6.04. The first-order valence-electron chi connectivity index (χ1n) is 12.3. The summed E-state index contributed by atoms with van der Waals surface area (Å²) >= 11 is 14.8. The maximum absolute atomic E-state index is 14.1. The average molecular weight is 612 g/mol. The average Bonchev–Trinajstić information content (AvgIpc) is 3.50. The number of halogens is 2. The van der Waals surface area contributed by atoms with Crippen LogP contribution in [0.5, 0.6) is 11.5 Å². The second-order valence-corrected chi connectivity index (χ2v) is 10.5. The summed E-state index contributed by atoms with van der Waals surface area (Å²) in [7, 11) is 2.93. The summed E-state index contributed by atoms with van der Waals surface area (Å²) in [6, 6.07) is 8.49. The van der Waals surface area contributed by atoms with E-state index in [0.717, 1.165) is 5.56 Å². The van der Waals surface area contributed by atoms with Crippen molar-refractivity contribution in [3.8, 4) is 11.5 Å². The Morgan fingerprint density at radius 1 is 1.17 bits per heavy atom. The van der Waals surface area contributed by atoms with Gasteiger partial charge in [0.1, 0.15) is 32.4 Å². The highest BCUT2D eigenvalue weighted by Gasteiger charge is 2.37. The van der Waals surface area contributed by atoms with E-state index in [1.807, 2.05) is 29.6 Å². The van der Waals surface area contributed by atoms with Gasteiger partial charge in [-0.05, 0) is 17.7 Å². The first kappa shape index (κ1) is 28.3. The third kappa shape index (κ3) is 5.69. The monoisotopic (exact) mass is 610 g/mol. The SMILES string of the molecule is C=CC(=O)Cc1ccccc1Nc1ncc2c(n1)N(Cc1nccs1)C(=O)N(c1c(Cl)c(OC)cc(OC)c1Cl)C2. The number of aromatic nitrogens is 3. The lowest BCUT2D eigenvalue weighted by atomic mass is 10.1. The van der Waals surface area contributed by atoms with Gasteiger partial charge >= 0.3 is 6.03 Å². The third-order valence-corrected chi connectivity index (χ3v) is 7.84. The maximum atomic E-state index is 14.1. The molecule has 0 unspecified atom stereocenters. The Hall–Kier alpha value is -4.19. The minimum atomic E-state index is -0.423. The van der Waals surface area contributed by atoms with Crippen LogP contribution in [-0.4, -0.2) is 41.0 Å². The van der Waals surface area contributed by atoms with E-state index in [9.17, 15) is 9.59 Å². The van der Waals surface area contributed by atoms with Gasteiger partial charge in [-0.3, -0.25) is 14.6 Å². The molecule has 10 nitrogen and oxygen atoms in total. The highest BCUT2D eigenvalue weighted by molar-refractivity contribution is 7.09. The minimum absolute atomic E-state index is 0.0863. The molecule has 2 aromatic heterocycles. The van der Waals surface area contributed by atoms with Gasteiger partial charge in [-0.25, -0.2) is 14.8 Å². The molecule has 41 heavy (non-hydrogen) atoms. The number of allylic oxidation sites excluding steroid dienone is 1. The number of ketones is 1. The van der Waals surface area contributed by atoms with Crippen LogP contribution < -0.4 is 24.6 Å². The normalized spacial score (nSPS) is 12.6. The fourth-order valence-electron chi connectivity index (χ4n) is 4.35. The van der Waals surface area contributed by atoms with E-state index in [-0.39, 0.29) is 47.0 Å². The molecule has 0 spiro atoms. The summed E-state index contributed by atoms with van der Waals surface area (Å²) in [5.41, 5.74) is 2.32. The number of urea groups is 1. The van der Waals surface area contributed by atoms with E-state index in [1.165, 1.54) is 41.4 Å². The molecule has 0 bridgehead atoms. The molecule has 1 aliphatic heterocycles. The van der Waals surface area contributed by atoms with Gasteiger partial charge in [0.05, 0.1) is 33.0 Å². The number of carbonyl (C=O) groups excluding carboxylic acids is 2. The Morgan fingerprint density at radius 3 is 2.56 bits per heavy atom. The van der Waals surface area contributed by atoms with Gasteiger partial charge in [0, 0.05) is 41.5 Å². The fraction of sp³-hybridized carbons (Fsp3) is 0.179. The van der Waals surface area contributed by atoms with Crippen LogP contribution in [0.25, 0.3) is 0 Å². The standard InChI is InChI=1S/C28H24Cl2N6O4S/c1-4-18(37)11-16-7-5-6-8-19(16)33-27-32-13-17-14-35(25-23(29)20(39-2)12-21(40-3)24(25)30)28(38)36(26(17)34-27)15-22-31-9-10-41-22/h4-10,12-13H,1,11,14-15H2,2-3H3,(H,32,33,34). The summed E-state index contributed by atoms with van der Waals surface area (Å²) < 4.78 is 10.8. The Morgan fingerprint density at radius 2 is 1.90 bits per heavy atom. The van der Waals surface area contributed by atoms with Gasteiger partial charge < -0.3 is 14.8 Å². The largest absolute Gasteiger partial charge is 0.495 e. The molecule has 2 amide bonds. The van der Waals surface area contributed by atoms with Crippen molar-refractivity contribution in [3.63, 3.8) is 0 Å². The molecular formula is C28H24Cl2N6O4S. The molecule has 210 valence electrons. The first-order chi connectivity index (χ1) is 19.8. The highest BCUT2D eigenvalue weighted by atomic mass is 35.5. The predicted molar refractivity (Wildman–Crippen MR) is 160 cm³/mol. The maximum Gasteiger partial charge on any atom is 0.330 e. The molecule has 0 radical (unpaired) electrons. The lowest BCUT2D eigenvalue weighted by molar-refractivity contribution is -0.114. The van der Waals surface area contributed by atoms with Gasteiger partial charge in [0.2, 0.25) is 5.95 Å². The van der Waals surface area contributed by atoms with Crippen LogP contribution in [0.3, 0.4) is 0 Å². The molecular weight excluding hydrogens is 587 g/mol. The lowest BCUT2D eigenvalue weighted by Crippen LogP contribution is -2.47. The Labute approximate surface area is 250 Å². The zero-order chi connectivity index (χ0) is 29.1. The molecule has 2 aromatic carbocycles. The summed E-state index contributed by atoms with van der Waals surface area (Å²) in [6.45, 7) is 3.79. The second kappa shape index (κ2) is 12.1. The number of para-hydroxylation sites is 1. The van der Waals surface area contributed by atoms with E-state index < -0.39 is 6.03 Å². The van der Waals surface area contributed by atoms with Crippen molar-refractivity contribution in [3.05, 3.63) is 86.9 Å². The number of amides is 2. The molecule has 4 aromatic rings. The van der Waals surface area contributed by atoms with Crippen LogP contribution in [-0.2, 0) is 24.3 Å². The van der Waals surface area contributed by atoms with Crippen molar-refractivity contribution < 1.29 is 19.1 Å². The molecule has 13 heteroatoms. The van der Waals surface area contributed by atoms with E-state index in [1.54, 1.807) is 18.5 Å². The number of hydrogen-bond donors (Lipinski definition) is 1. The van der Waals surface area contributed by atoms with E-state index in [0.29, 0.717) is 33.6 Å². The van der Waals surface area contributed by atoms with Gasteiger partial charge in [0.25, 0.3) is 0 Å². The van der Waals surface area contributed by atoms with Gasteiger partial charge in [0.15, 0.2) is 5.78 Å². The number of methoxy groups -OCH3 is 2. The quantitative estimate of drug-likeness (QED) is 0.204. The number of ether oxygens (including phenoxy) is 2. The van der Waals surface area contributed by atoms with Crippen molar-refractivity contribution in [1.29, 1.82) is 0 Å². The van der Waals surface area contributed by atoms with E-state index in [2.05, 4.69) is 21.9 Å². The number of carbonyl (C=O) groups is 2. The number of hydrogen-bond acceptors (Lipinski definition) is 9. The van der Waals surface area contributed by atoms with Crippen LogP contribution in [0.2, 0.25) is 10.0 Å². The van der Waals surface area contributed by atoms with Crippen molar-refractivity contribution in [2.75, 3.05) is 29.3 Å². The molecule has 1 N–H and O–H groups in total. The number of rotatable bonds is 10. The van der Waals surface area contributed by atoms with E-state index in [4.69, 9.17) is 37.7 Å². The number of nitrogens with one attached hydrogen (secondary N) is 1. The zero-order valence-corrected chi connectivity index (χ0v) is 24.4. The highest BCUT2D eigenvalue weighted by Crippen LogP contribution is 2.48. The summed E-state index contributed by atoms with van der Waals surface area (Å²) in [5.74, 6) is 1.15. The molecule has 1 aliphatic rings. The lowest BCUT2D eigenvalue weighted by Gasteiger charge is -2.36. The number of thiazole rings is 1. The van der Waals surface area contributed by atoms with Crippen molar-refractivity contribution in [2.45, 2.75) is 19.5 Å². The van der Waals surface area contributed by atoms with Crippen LogP contribution in [0.4, 0.5) is 27.9 Å². The summed E-state index contributed by atoms with van der Waals surface area (Å²) in [6.07, 6.45) is 4.76. The second-order valence-electron chi connectivity index (χ2n) is 8.81. The molecule has 0 aliphatic carbocycles. The first-order valence-corrected chi connectivity index (χ1v) is 13.9. The zero-order valence-electron chi connectivity index (χ0n) is 22.1. The van der Waals surface area contributed by atoms with Crippen molar-refractivity contribution in [1.82, 2.24) is 15.0 Å². The van der Waals surface area contributed by atoms with Crippen LogP contribution in [0.1, 0.15) is 16.1 Å². The van der Waals surface area contributed by atoms with E-state index >= 15 is 0 Å². The van der Waals surface area contributed by atoms with Crippen LogP contribution in [0.15, 0.2) is 60.8 Å². The van der Waals surface area contributed by atoms with Crippen molar-refractivity contribution in [2.24, 2.45) is 0 Å². The third-order valence-electron chi connectivity index (χ3n) is 6.34. The Bertz CT molecular complexity index is 1600. The number of nitrogens with zero attached hydrogens (tertiary/aromatic N) is 5. The molecule has 0 saturated carbocycles. The topological polar surface area (TPSA) is 110 Å². The predicted octanol–water partition coefficient (Wildman–Crippen LogP) is 6.45. The summed E-state index contributed by atoms with van der Waals surface area (Å²) in [4.78, 5) is 42.6. The van der Waals surface area contributed by atoms with Gasteiger partial charge in [-0.1, -0.05) is 48.0 Å². The molecule has 0 atom stereocenters. The Balaban J connectivity index is 1.57. The van der Waals surface area contributed by atoms with Crippen molar-refractivity contribution >= 4 is 69.5 Å². The Kier molecular flexibility index (Phi) is 8.39. The molecule has 0 saturated heterocycles. The smallest absolute Gasteiger partial charge is 0.330 e.